The van der Waals surface area contributed by atoms with Gasteiger partial charge in [0.2, 0.25) is 5.91 Å². The number of nitrogens with zero attached hydrogens (tertiary/aromatic N) is 1. The summed E-state index contributed by atoms with van der Waals surface area (Å²) in [5.74, 6) is -0.148. The Hall–Kier alpha value is -1.88. The maximum atomic E-state index is 12.8. The van der Waals surface area contributed by atoms with Crippen molar-refractivity contribution in [3.8, 4) is 0 Å². The van der Waals surface area contributed by atoms with Crippen LogP contribution in [0.2, 0.25) is 0 Å². The first-order valence-corrected chi connectivity index (χ1v) is 9.50. The average molecular weight is 342 g/mol. The van der Waals surface area contributed by atoms with Gasteiger partial charge in [-0.3, -0.25) is 9.59 Å². The smallest absolute Gasteiger partial charge is 0.251 e. The zero-order valence-corrected chi connectivity index (χ0v) is 14.5. The van der Waals surface area contributed by atoms with Gasteiger partial charge in [0.15, 0.2) is 0 Å². The first-order valence-electron chi connectivity index (χ1n) is 9.50. The molecule has 0 aromatic heterocycles. The Morgan fingerprint density at radius 1 is 1.04 bits per heavy atom. The van der Waals surface area contributed by atoms with Crippen LogP contribution in [0.4, 0.5) is 0 Å². The van der Waals surface area contributed by atoms with Crippen molar-refractivity contribution in [2.45, 2.75) is 69.7 Å². The van der Waals surface area contributed by atoms with E-state index in [-0.39, 0.29) is 17.7 Å². The van der Waals surface area contributed by atoms with Crippen molar-refractivity contribution in [1.82, 2.24) is 10.2 Å². The van der Waals surface area contributed by atoms with Gasteiger partial charge in [-0.05, 0) is 62.6 Å². The normalized spacial score (nSPS) is 25.6. The molecule has 0 spiro atoms. The van der Waals surface area contributed by atoms with Gasteiger partial charge < -0.3 is 15.3 Å². The van der Waals surface area contributed by atoms with E-state index in [0.717, 1.165) is 50.5 Å². The highest BCUT2D eigenvalue weighted by atomic mass is 16.3. The SMILES string of the molecule is O=C(NC1CC1)c1ccc(CN(C(=O)[C@@H]2CCC[C@@H]2O)C2CC2)cc1. The molecule has 2 N–H and O–H groups in total. The van der Waals surface area contributed by atoms with E-state index < -0.39 is 6.10 Å². The summed E-state index contributed by atoms with van der Waals surface area (Å²) in [4.78, 5) is 26.9. The van der Waals surface area contributed by atoms with Gasteiger partial charge in [0.05, 0.1) is 12.0 Å². The Balaban J connectivity index is 1.41. The van der Waals surface area contributed by atoms with Crippen molar-refractivity contribution >= 4 is 11.8 Å². The molecule has 5 heteroatoms. The molecule has 2 amide bonds. The first kappa shape index (κ1) is 16.6. The van der Waals surface area contributed by atoms with Crippen LogP contribution in [-0.4, -0.2) is 40.0 Å². The number of amides is 2. The highest BCUT2D eigenvalue weighted by Crippen LogP contribution is 2.34. The van der Waals surface area contributed by atoms with Crippen LogP contribution < -0.4 is 5.32 Å². The molecule has 25 heavy (non-hydrogen) atoms. The zero-order chi connectivity index (χ0) is 17.4. The molecular formula is C20H26N2O3. The summed E-state index contributed by atoms with van der Waals surface area (Å²) in [6.45, 7) is 0.567. The number of rotatable bonds is 6. The lowest BCUT2D eigenvalue weighted by Crippen LogP contribution is -2.40. The summed E-state index contributed by atoms with van der Waals surface area (Å²) in [6.07, 6.45) is 6.24. The van der Waals surface area contributed by atoms with Crippen molar-refractivity contribution in [2.24, 2.45) is 5.92 Å². The first-order chi connectivity index (χ1) is 12.1. The van der Waals surface area contributed by atoms with Crippen LogP contribution in [0.15, 0.2) is 24.3 Å². The Morgan fingerprint density at radius 3 is 2.32 bits per heavy atom. The van der Waals surface area contributed by atoms with E-state index in [1.807, 2.05) is 29.2 Å². The topological polar surface area (TPSA) is 69.6 Å². The van der Waals surface area contributed by atoms with Crippen LogP contribution in [0.1, 0.15) is 60.9 Å². The lowest BCUT2D eigenvalue weighted by Gasteiger charge is -2.27. The van der Waals surface area contributed by atoms with Gasteiger partial charge in [0, 0.05) is 24.2 Å². The molecule has 0 aliphatic heterocycles. The van der Waals surface area contributed by atoms with Crippen molar-refractivity contribution < 1.29 is 14.7 Å². The molecule has 0 bridgehead atoms. The second-order valence-electron chi connectivity index (χ2n) is 7.75. The quantitative estimate of drug-likeness (QED) is 0.833. The molecule has 1 aromatic rings. The molecule has 0 radical (unpaired) electrons. The molecule has 134 valence electrons. The number of benzene rings is 1. The molecule has 5 nitrogen and oxygen atoms in total. The van der Waals surface area contributed by atoms with E-state index >= 15 is 0 Å². The van der Waals surface area contributed by atoms with Gasteiger partial charge in [-0.2, -0.15) is 0 Å². The van der Waals surface area contributed by atoms with Crippen LogP contribution >= 0.6 is 0 Å². The second kappa shape index (κ2) is 6.79. The average Bonchev–Trinajstić information content (AvgIpc) is 3.53. The fourth-order valence-electron chi connectivity index (χ4n) is 3.67. The Morgan fingerprint density at radius 2 is 1.76 bits per heavy atom. The minimum absolute atomic E-state index is 0.0155. The summed E-state index contributed by atoms with van der Waals surface area (Å²) in [6, 6.07) is 8.23. The predicted molar refractivity (Wildman–Crippen MR) is 93.9 cm³/mol. The van der Waals surface area contributed by atoms with E-state index in [1.165, 1.54) is 0 Å². The Kier molecular flexibility index (Phi) is 4.50. The maximum absolute atomic E-state index is 12.8. The summed E-state index contributed by atoms with van der Waals surface area (Å²) >= 11 is 0. The second-order valence-corrected chi connectivity index (χ2v) is 7.75. The summed E-state index contributed by atoms with van der Waals surface area (Å²) in [7, 11) is 0. The number of carbonyl (C=O) groups is 2. The molecule has 3 aliphatic rings. The third-order valence-corrected chi connectivity index (χ3v) is 5.55. The molecule has 0 heterocycles. The van der Waals surface area contributed by atoms with Gasteiger partial charge in [-0.25, -0.2) is 0 Å². The molecule has 2 atom stereocenters. The van der Waals surface area contributed by atoms with Gasteiger partial charge in [0.25, 0.3) is 5.91 Å². The third-order valence-electron chi connectivity index (χ3n) is 5.55. The van der Waals surface area contributed by atoms with Crippen molar-refractivity contribution in [2.75, 3.05) is 0 Å². The lowest BCUT2D eigenvalue weighted by molar-refractivity contribution is -0.139. The largest absolute Gasteiger partial charge is 0.392 e. The Bertz CT molecular complexity index is 649. The van der Waals surface area contributed by atoms with Crippen molar-refractivity contribution in [3.63, 3.8) is 0 Å². The molecule has 0 unspecified atom stereocenters. The van der Waals surface area contributed by atoms with Crippen LogP contribution in [0.25, 0.3) is 0 Å². The fraction of sp³-hybridized carbons (Fsp3) is 0.600. The molecule has 3 fully saturated rings. The molecule has 4 rings (SSSR count). The van der Waals surface area contributed by atoms with Crippen LogP contribution in [-0.2, 0) is 11.3 Å². The lowest BCUT2D eigenvalue weighted by atomic mass is 10.0. The van der Waals surface area contributed by atoms with Crippen molar-refractivity contribution in [1.29, 1.82) is 0 Å². The third kappa shape index (κ3) is 3.87. The van der Waals surface area contributed by atoms with Gasteiger partial charge >= 0.3 is 0 Å². The molecule has 3 saturated carbocycles. The zero-order valence-electron chi connectivity index (χ0n) is 14.5. The molecule has 0 saturated heterocycles. The van der Waals surface area contributed by atoms with Gasteiger partial charge in [-0.1, -0.05) is 12.1 Å². The number of hydrogen-bond acceptors (Lipinski definition) is 3. The van der Waals surface area contributed by atoms with E-state index in [0.29, 0.717) is 24.2 Å². The summed E-state index contributed by atoms with van der Waals surface area (Å²) < 4.78 is 0. The van der Waals surface area contributed by atoms with Crippen LogP contribution in [0.5, 0.6) is 0 Å². The standard InChI is InChI=1S/C20H26N2O3/c23-18-3-1-2-17(18)20(25)22(16-10-11-16)12-13-4-6-14(7-5-13)19(24)21-15-8-9-15/h4-7,15-18,23H,1-3,8-12H2,(H,21,24)/t17-,18+/m1/s1. The summed E-state index contributed by atoms with van der Waals surface area (Å²) in [5.41, 5.74) is 1.71. The highest BCUT2D eigenvalue weighted by Gasteiger charge is 2.40. The van der Waals surface area contributed by atoms with E-state index in [9.17, 15) is 14.7 Å². The number of carbonyl (C=O) groups excluding carboxylic acids is 2. The van der Waals surface area contributed by atoms with E-state index in [2.05, 4.69) is 5.32 Å². The van der Waals surface area contributed by atoms with Gasteiger partial charge in [-0.15, -0.1) is 0 Å². The van der Waals surface area contributed by atoms with E-state index in [1.54, 1.807) is 0 Å². The number of hydrogen-bond donors (Lipinski definition) is 2. The Labute approximate surface area is 148 Å². The molecule has 3 aliphatic carbocycles. The minimum atomic E-state index is -0.484. The van der Waals surface area contributed by atoms with Crippen LogP contribution in [0.3, 0.4) is 0 Å². The summed E-state index contributed by atoms with van der Waals surface area (Å²) in [5, 5.41) is 13.0. The molecular weight excluding hydrogens is 316 g/mol. The predicted octanol–water partition coefficient (Wildman–Crippen LogP) is 2.23. The highest BCUT2D eigenvalue weighted by molar-refractivity contribution is 5.94. The fourth-order valence-corrected chi connectivity index (χ4v) is 3.67. The van der Waals surface area contributed by atoms with Crippen LogP contribution in [0, 0.1) is 5.92 Å². The molecule has 1 aromatic carbocycles. The number of aliphatic hydroxyl groups excluding tert-OH is 1. The number of aliphatic hydroxyl groups is 1. The number of nitrogens with one attached hydrogen (secondary N) is 1. The van der Waals surface area contributed by atoms with E-state index in [4.69, 9.17) is 0 Å². The van der Waals surface area contributed by atoms with Gasteiger partial charge in [0.1, 0.15) is 0 Å². The minimum Gasteiger partial charge on any atom is -0.392 e. The monoisotopic (exact) mass is 342 g/mol. The van der Waals surface area contributed by atoms with Crippen molar-refractivity contribution in [3.05, 3.63) is 35.4 Å². The maximum Gasteiger partial charge on any atom is 0.251 e.